The van der Waals surface area contributed by atoms with Crippen molar-refractivity contribution in [2.24, 2.45) is 0 Å². The second-order valence-corrected chi connectivity index (χ2v) is 7.35. The van der Waals surface area contributed by atoms with E-state index < -0.39 is 0 Å². The molecule has 0 aliphatic heterocycles. The Kier molecular flexibility index (Phi) is 6.95. The highest BCUT2D eigenvalue weighted by Crippen LogP contribution is 2.26. The molecule has 1 aromatic heterocycles. The maximum Gasteiger partial charge on any atom is 0.174 e. The van der Waals surface area contributed by atoms with Crippen LogP contribution in [0.1, 0.15) is 11.3 Å². The van der Waals surface area contributed by atoms with E-state index in [1.54, 1.807) is 20.5 Å². The number of nitrogens with zero attached hydrogens (tertiary/aromatic N) is 1. The lowest BCUT2D eigenvalue weighted by Crippen LogP contribution is -2.33. The number of hydrogen-bond acceptors (Lipinski definition) is 4. The number of methoxy groups -OCH3 is 2. The highest BCUT2D eigenvalue weighted by Gasteiger charge is 2.16. The third kappa shape index (κ3) is 5.27. The van der Waals surface area contributed by atoms with E-state index in [0.29, 0.717) is 18.2 Å². The van der Waals surface area contributed by atoms with Crippen molar-refractivity contribution in [3.63, 3.8) is 0 Å². The maximum atomic E-state index is 5.69. The van der Waals surface area contributed by atoms with Crippen molar-refractivity contribution < 1.29 is 13.9 Å². The van der Waals surface area contributed by atoms with Crippen LogP contribution in [0.2, 0.25) is 0 Å². The lowest BCUT2D eigenvalue weighted by Gasteiger charge is -2.26. The molecule has 0 bridgehead atoms. The van der Waals surface area contributed by atoms with Crippen LogP contribution < -0.4 is 14.8 Å². The molecule has 0 fully saturated rings. The van der Waals surface area contributed by atoms with E-state index in [1.807, 2.05) is 59.5 Å². The van der Waals surface area contributed by atoms with Gasteiger partial charge in [0, 0.05) is 22.3 Å². The van der Waals surface area contributed by atoms with Crippen LogP contribution in [0.25, 0.3) is 0 Å². The fraction of sp³-hybridized carbons (Fsp3) is 0.190. The van der Waals surface area contributed by atoms with E-state index in [2.05, 4.69) is 21.2 Å². The molecule has 0 saturated heterocycles. The van der Waals surface area contributed by atoms with Gasteiger partial charge in [-0.15, -0.1) is 0 Å². The van der Waals surface area contributed by atoms with Crippen molar-refractivity contribution >= 4 is 38.9 Å². The van der Waals surface area contributed by atoms with Crippen LogP contribution >= 0.6 is 28.1 Å². The van der Waals surface area contributed by atoms with Gasteiger partial charge in [0.2, 0.25) is 0 Å². The molecule has 0 spiro atoms. The zero-order chi connectivity index (χ0) is 19.9. The van der Waals surface area contributed by atoms with Gasteiger partial charge in [0.25, 0.3) is 0 Å². The smallest absolute Gasteiger partial charge is 0.174 e. The second kappa shape index (κ2) is 9.61. The lowest BCUT2D eigenvalue weighted by atomic mass is 10.1. The minimum Gasteiger partial charge on any atom is -0.497 e. The number of halogens is 1. The van der Waals surface area contributed by atoms with Gasteiger partial charge >= 0.3 is 0 Å². The van der Waals surface area contributed by atoms with E-state index in [-0.39, 0.29) is 0 Å². The van der Waals surface area contributed by atoms with Gasteiger partial charge in [0.05, 0.1) is 27.0 Å². The van der Waals surface area contributed by atoms with E-state index in [9.17, 15) is 0 Å². The Hall–Kier alpha value is -2.51. The first-order valence-electron chi connectivity index (χ1n) is 8.64. The van der Waals surface area contributed by atoms with Gasteiger partial charge in [-0.3, -0.25) is 0 Å². The van der Waals surface area contributed by atoms with Crippen LogP contribution in [0.15, 0.2) is 69.8 Å². The molecule has 3 aromatic rings. The molecule has 2 aromatic carbocycles. The van der Waals surface area contributed by atoms with Crippen molar-refractivity contribution in [3.05, 3.63) is 76.7 Å². The Morgan fingerprint density at radius 2 is 1.86 bits per heavy atom. The van der Waals surface area contributed by atoms with E-state index in [0.717, 1.165) is 33.0 Å². The molecule has 0 aliphatic rings. The minimum atomic E-state index is 0.524. The Morgan fingerprint density at radius 1 is 1.07 bits per heavy atom. The largest absolute Gasteiger partial charge is 0.497 e. The van der Waals surface area contributed by atoms with Crippen LogP contribution in [-0.4, -0.2) is 24.2 Å². The fourth-order valence-corrected chi connectivity index (χ4v) is 3.25. The van der Waals surface area contributed by atoms with Crippen LogP contribution in [0, 0.1) is 0 Å². The SMILES string of the molecule is COc1ccc(OC)c(CN(Cc2ccco2)C(=S)Nc2ccc(Br)cc2)c1. The zero-order valence-corrected chi connectivity index (χ0v) is 18.0. The number of benzene rings is 2. The minimum absolute atomic E-state index is 0.524. The van der Waals surface area contributed by atoms with Gasteiger partial charge in [-0.1, -0.05) is 15.9 Å². The first-order valence-corrected chi connectivity index (χ1v) is 9.84. The van der Waals surface area contributed by atoms with E-state index >= 15 is 0 Å². The number of anilines is 1. The highest BCUT2D eigenvalue weighted by atomic mass is 79.9. The van der Waals surface area contributed by atoms with Crippen LogP contribution in [0.4, 0.5) is 5.69 Å². The normalized spacial score (nSPS) is 10.4. The first-order chi connectivity index (χ1) is 13.6. The van der Waals surface area contributed by atoms with Crippen LogP contribution in [-0.2, 0) is 13.1 Å². The Bertz CT molecular complexity index is 914. The summed E-state index contributed by atoms with van der Waals surface area (Å²) in [5.41, 5.74) is 1.88. The number of rotatable bonds is 7. The number of hydrogen-bond donors (Lipinski definition) is 1. The molecule has 0 amide bonds. The van der Waals surface area contributed by atoms with Crippen LogP contribution in [0.3, 0.4) is 0 Å². The lowest BCUT2D eigenvalue weighted by molar-refractivity contribution is 0.346. The van der Waals surface area contributed by atoms with Crippen molar-refractivity contribution in [1.29, 1.82) is 0 Å². The van der Waals surface area contributed by atoms with E-state index in [4.69, 9.17) is 26.1 Å². The van der Waals surface area contributed by atoms with Gasteiger partial charge in [0.1, 0.15) is 17.3 Å². The zero-order valence-electron chi connectivity index (χ0n) is 15.6. The molecule has 0 saturated carbocycles. The molecule has 5 nitrogen and oxygen atoms in total. The average Bonchev–Trinajstić information content (AvgIpc) is 3.22. The molecule has 3 rings (SSSR count). The summed E-state index contributed by atoms with van der Waals surface area (Å²) >= 11 is 9.14. The quantitative estimate of drug-likeness (QED) is 0.472. The monoisotopic (exact) mass is 460 g/mol. The Balaban J connectivity index is 1.84. The molecule has 7 heteroatoms. The van der Waals surface area contributed by atoms with Gasteiger partial charge in [0.15, 0.2) is 5.11 Å². The third-order valence-corrected chi connectivity index (χ3v) is 5.05. The molecule has 1 heterocycles. The molecule has 1 N–H and O–H groups in total. The molecule has 28 heavy (non-hydrogen) atoms. The molecule has 146 valence electrons. The Morgan fingerprint density at radius 3 is 2.50 bits per heavy atom. The molecule has 0 unspecified atom stereocenters. The van der Waals surface area contributed by atoms with Crippen molar-refractivity contribution in [2.45, 2.75) is 13.1 Å². The van der Waals surface area contributed by atoms with Gasteiger partial charge in [-0.25, -0.2) is 0 Å². The predicted molar refractivity (Wildman–Crippen MR) is 118 cm³/mol. The molecular weight excluding hydrogens is 440 g/mol. The molecule has 0 aliphatic carbocycles. The topological polar surface area (TPSA) is 46.9 Å². The van der Waals surface area contributed by atoms with Crippen LogP contribution in [0.5, 0.6) is 11.5 Å². The number of nitrogens with one attached hydrogen (secondary N) is 1. The third-order valence-electron chi connectivity index (χ3n) is 4.16. The van der Waals surface area contributed by atoms with Gasteiger partial charge in [-0.2, -0.15) is 0 Å². The summed E-state index contributed by atoms with van der Waals surface area (Å²) in [4.78, 5) is 2.02. The molecule has 0 atom stereocenters. The number of thiocarbonyl (C=S) groups is 1. The highest BCUT2D eigenvalue weighted by molar-refractivity contribution is 9.10. The number of ether oxygens (including phenoxy) is 2. The summed E-state index contributed by atoms with van der Waals surface area (Å²) in [5.74, 6) is 2.36. The summed E-state index contributed by atoms with van der Waals surface area (Å²) in [5, 5.41) is 3.88. The maximum absolute atomic E-state index is 5.69. The van der Waals surface area contributed by atoms with Crippen molar-refractivity contribution in [3.8, 4) is 11.5 Å². The second-order valence-electron chi connectivity index (χ2n) is 6.05. The Labute approximate surface area is 178 Å². The average molecular weight is 461 g/mol. The van der Waals surface area contributed by atoms with Gasteiger partial charge in [-0.05, 0) is 66.8 Å². The summed E-state index contributed by atoms with van der Waals surface area (Å²) in [6.07, 6.45) is 1.66. The molecule has 0 radical (unpaired) electrons. The summed E-state index contributed by atoms with van der Waals surface area (Å²) in [6, 6.07) is 17.4. The van der Waals surface area contributed by atoms with Gasteiger partial charge < -0.3 is 24.1 Å². The van der Waals surface area contributed by atoms with E-state index in [1.165, 1.54) is 0 Å². The molecular formula is C21H21BrN2O3S. The summed E-state index contributed by atoms with van der Waals surface area (Å²) < 4.78 is 17.4. The standard InChI is InChI=1S/C21H21BrN2O3S/c1-25-18-9-10-20(26-2)15(12-18)13-24(14-19-4-3-11-27-19)21(28)23-17-7-5-16(22)6-8-17/h3-12H,13-14H2,1-2H3,(H,23,28). The fourth-order valence-electron chi connectivity index (χ4n) is 2.74. The summed E-state index contributed by atoms with van der Waals surface area (Å²) in [6.45, 7) is 1.05. The summed E-state index contributed by atoms with van der Waals surface area (Å²) in [7, 11) is 3.30. The van der Waals surface area contributed by atoms with Crippen molar-refractivity contribution in [1.82, 2.24) is 4.90 Å². The predicted octanol–water partition coefficient (Wildman–Crippen LogP) is 5.46. The van der Waals surface area contributed by atoms with Crippen molar-refractivity contribution in [2.75, 3.05) is 19.5 Å². The number of furan rings is 1. The first kappa shape index (κ1) is 20.2.